The van der Waals surface area contributed by atoms with Gasteiger partial charge in [0.25, 0.3) is 5.56 Å². The number of rotatable bonds is 3. The van der Waals surface area contributed by atoms with E-state index in [9.17, 15) is 19.2 Å². The Morgan fingerprint density at radius 2 is 1.56 bits per heavy atom. The van der Waals surface area contributed by atoms with Crippen LogP contribution in [0.2, 0.25) is 5.02 Å². The molecule has 1 heterocycles. The molecule has 4 aromatic rings. The van der Waals surface area contributed by atoms with Crippen LogP contribution in [-0.2, 0) is 11.5 Å². The van der Waals surface area contributed by atoms with E-state index in [2.05, 4.69) is 10.3 Å². The van der Waals surface area contributed by atoms with Gasteiger partial charge in [0, 0.05) is 16.7 Å². The van der Waals surface area contributed by atoms with Gasteiger partial charge in [0.15, 0.2) is 18.3 Å². The first-order chi connectivity index (χ1) is 15.5. The molecule has 0 amide bonds. The Balaban J connectivity index is 1.46. The molecule has 0 bridgehead atoms. The molecule has 3 aromatic carbocycles. The molecular weight excluding hydrogens is 434 g/mol. The third-order valence-electron chi connectivity index (χ3n) is 5.20. The van der Waals surface area contributed by atoms with Crippen molar-refractivity contribution in [2.45, 2.75) is 6.73 Å². The summed E-state index contributed by atoms with van der Waals surface area (Å²) in [5.74, 6) is -1.68. The van der Waals surface area contributed by atoms with Gasteiger partial charge in [-0.25, -0.2) is 4.79 Å². The largest absolute Gasteiger partial charge is 0.438 e. The van der Waals surface area contributed by atoms with Gasteiger partial charge in [0.1, 0.15) is 5.52 Å². The van der Waals surface area contributed by atoms with Crippen LogP contribution in [0.4, 0.5) is 0 Å². The van der Waals surface area contributed by atoms with Crippen molar-refractivity contribution in [3.63, 3.8) is 0 Å². The van der Waals surface area contributed by atoms with E-state index in [1.54, 1.807) is 42.5 Å². The molecule has 0 saturated carbocycles. The maximum Gasteiger partial charge on any atom is 0.341 e. The molecule has 5 rings (SSSR count). The van der Waals surface area contributed by atoms with Crippen molar-refractivity contribution >= 4 is 40.0 Å². The number of ether oxygens (including phenoxy) is 1. The quantitative estimate of drug-likeness (QED) is 0.393. The number of hydrogen-bond acceptors (Lipinski definition) is 7. The highest BCUT2D eigenvalue weighted by molar-refractivity contribution is 6.41. The first-order valence-corrected chi connectivity index (χ1v) is 9.86. The lowest BCUT2D eigenvalue weighted by molar-refractivity contribution is 0.0336. The lowest BCUT2D eigenvalue weighted by Gasteiger charge is -2.19. The summed E-state index contributed by atoms with van der Waals surface area (Å²) in [6, 6.07) is 15.7. The lowest BCUT2D eigenvalue weighted by atomic mass is 9.83. The van der Waals surface area contributed by atoms with Crippen LogP contribution in [0.25, 0.3) is 10.9 Å². The summed E-state index contributed by atoms with van der Waals surface area (Å²) in [7, 11) is 0. The number of esters is 1. The molecule has 1 aromatic heterocycles. The predicted molar refractivity (Wildman–Crippen MR) is 114 cm³/mol. The van der Waals surface area contributed by atoms with E-state index in [0.29, 0.717) is 10.9 Å². The first kappa shape index (κ1) is 19.8. The second-order valence-corrected chi connectivity index (χ2v) is 7.40. The number of hydrogen-bond donors (Lipinski definition) is 0. The molecule has 0 saturated heterocycles. The number of carbonyl (C=O) groups excluding carboxylic acids is 3. The minimum absolute atomic E-state index is 0.0486. The standard InChI is InChI=1S/C23H12ClN3O5/c24-19-16(10-9-15-18(19)21(29)13-6-2-1-5-12(13)20(15)28)23(31)32-11-27-22(30)14-7-3-4-8-17(14)25-26-27/h1-10H,11H2. The van der Waals surface area contributed by atoms with Crippen molar-refractivity contribution in [3.8, 4) is 0 Å². The number of halogens is 1. The summed E-state index contributed by atoms with van der Waals surface area (Å²) in [5.41, 5.74) is 0.409. The molecule has 156 valence electrons. The average molecular weight is 446 g/mol. The van der Waals surface area contributed by atoms with Gasteiger partial charge in [-0.2, -0.15) is 4.68 Å². The summed E-state index contributed by atoms with van der Waals surface area (Å²) in [6.07, 6.45) is 0. The van der Waals surface area contributed by atoms with Crippen molar-refractivity contribution in [1.29, 1.82) is 0 Å². The zero-order chi connectivity index (χ0) is 22.4. The Hall–Kier alpha value is -4.17. The monoisotopic (exact) mass is 445 g/mol. The van der Waals surface area contributed by atoms with E-state index < -0.39 is 24.0 Å². The van der Waals surface area contributed by atoms with Crippen LogP contribution in [-0.4, -0.2) is 32.5 Å². The third kappa shape index (κ3) is 3.00. The number of ketones is 2. The maximum absolute atomic E-state index is 12.9. The van der Waals surface area contributed by atoms with Crippen molar-refractivity contribution in [3.05, 3.63) is 104 Å². The number of carbonyl (C=O) groups is 3. The van der Waals surface area contributed by atoms with Crippen molar-refractivity contribution in [2.75, 3.05) is 0 Å². The molecule has 8 nitrogen and oxygen atoms in total. The predicted octanol–water partition coefficient (Wildman–Crippen LogP) is 3.03. The van der Waals surface area contributed by atoms with Gasteiger partial charge < -0.3 is 4.74 Å². The van der Waals surface area contributed by atoms with E-state index >= 15 is 0 Å². The second-order valence-electron chi connectivity index (χ2n) is 7.03. The topological polar surface area (TPSA) is 108 Å². The number of nitrogens with zero attached hydrogens (tertiary/aromatic N) is 3. The van der Waals surface area contributed by atoms with Crippen molar-refractivity contribution in [1.82, 2.24) is 15.0 Å². The smallest absolute Gasteiger partial charge is 0.341 e. The molecule has 0 aliphatic heterocycles. The number of fused-ring (bicyclic) bond motifs is 3. The van der Waals surface area contributed by atoms with Gasteiger partial charge in [0.05, 0.1) is 21.5 Å². The van der Waals surface area contributed by atoms with E-state index in [-0.39, 0.29) is 38.6 Å². The van der Waals surface area contributed by atoms with Gasteiger partial charge >= 0.3 is 5.97 Å². The minimum atomic E-state index is -0.876. The van der Waals surface area contributed by atoms with Crippen LogP contribution in [0.1, 0.15) is 42.2 Å². The summed E-state index contributed by atoms with van der Waals surface area (Å²) >= 11 is 6.37. The Morgan fingerprint density at radius 3 is 2.34 bits per heavy atom. The highest BCUT2D eigenvalue weighted by atomic mass is 35.5. The van der Waals surface area contributed by atoms with Gasteiger partial charge in [-0.1, -0.05) is 53.2 Å². The van der Waals surface area contributed by atoms with Crippen LogP contribution in [0.3, 0.4) is 0 Å². The first-order valence-electron chi connectivity index (χ1n) is 9.48. The van der Waals surface area contributed by atoms with E-state index in [1.807, 2.05) is 0 Å². The fourth-order valence-corrected chi connectivity index (χ4v) is 3.94. The average Bonchev–Trinajstić information content (AvgIpc) is 2.82. The highest BCUT2D eigenvalue weighted by Gasteiger charge is 2.33. The van der Waals surface area contributed by atoms with Crippen molar-refractivity contribution in [2.24, 2.45) is 0 Å². The number of benzene rings is 3. The molecule has 32 heavy (non-hydrogen) atoms. The molecule has 0 radical (unpaired) electrons. The summed E-state index contributed by atoms with van der Waals surface area (Å²) in [6.45, 7) is -0.501. The van der Waals surface area contributed by atoms with E-state index in [0.717, 1.165) is 4.68 Å². The van der Waals surface area contributed by atoms with Gasteiger partial charge in [-0.05, 0) is 24.3 Å². The van der Waals surface area contributed by atoms with Crippen LogP contribution >= 0.6 is 11.6 Å². The lowest BCUT2D eigenvalue weighted by Crippen LogP contribution is -2.27. The minimum Gasteiger partial charge on any atom is -0.438 e. The SMILES string of the molecule is O=C(OCn1nnc2ccccc2c1=O)c1ccc2c(c1Cl)C(=O)c1ccccc1C2=O. The molecule has 9 heteroatoms. The Morgan fingerprint density at radius 1 is 0.875 bits per heavy atom. The molecule has 1 aliphatic carbocycles. The second kappa shape index (κ2) is 7.51. The third-order valence-corrected chi connectivity index (χ3v) is 5.59. The summed E-state index contributed by atoms with van der Waals surface area (Å²) in [5, 5.41) is 7.82. The van der Waals surface area contributed by atoms with Crippen LogP contribution in [0.15, 0.2) is 65.5 Å². The summed E-state index contributed by atoms with van der Waals surface area (Å²) in [4.78, 5) is 50.9. The van der Waals surface area contributed by atoms with Crippen molar-refractivity contribution < 1.29 is 19.1 Å². The van der Waals surface area contributed by atoms with Gasteiger partial charge in [-0.3, -0.25) is 14.4 Å². The highest BCUT2D eigenvalue weighted by Crippen LogP contribution is 2.34. The zero-order valence-corrected chi connectivity index (χ0v) is 17.0. The van der Waals surface area contributed by atoms with Crippen LogP contribution in [0, 0.1) is 0 Å². The molecule has 0 atom stereocenters. The molecule has 0 N–H and O–H groups in total. The van der Waals surface area contributed by atoms with E-state index in [4.69, 9.17) is 16.3 Å². The fourth-order valence-electron chi connectivity index (χ4n) is 3.61. The Kier molecular flexibility index (Phi) is 4.64. The molecule has 0 unspecified atom stereocenters. The fraction of sp³-hybridized carbons (Fsp3) is 0.0435. The molecule has 0 spiro atoms. The summed E-state index contributed by atoms with van der Waals surface area (Å²) < 4.78 is 6.09. The molecule has 0 fully saturated rings. The van der Waals surface area contributed by atoms with Crippen LogP contribution in [0.5, 0.6) is 0 Å². The molecule has 1 aliphatic rings. The van der Waals surface area contributed by atoms with Gasteiger partial charge in [-0.15, -0.1) is 5.10 Å². The maximum atomic E-state index is 12.9. The number of aromatic nitrogens is 3. The van der Waals surface area contributed by atoms with E-state index in [1.165, 1.54) is 18.2 Å². The van der Waals surface area contributed by atoms with Crippen LogP contribution < -0.4 is 5.56 Å². The zero-order valence-electron chi connectivity index (χ0n) is 16.2. The normalized spacial score (nSPS) is 12.4. The Bertz CT molecular complexity index is 1530. The molecular formula is C23H12ClN3O5. The van der Waals surface area contributed by atoms with Gasteiger partial charge in [0.2, 0.25) is 0 Å². The Labute approximate surface area is 185 Å².